The Labute approximate surface area is 126 Å². The number of benzene rings is 1. The Kier molecular flexibility index (Phi) is 4.36. The van der Waals surface area contributed by atoms with Gasteiger partial charge in [0, 0.05) is 19.6 Å². The van der Waals surface area contributed by atoms with Crippen LogP contribution in [0.15, 0.2) is 18.2 Å². The number of methoxy groups -OCH3 is 1. The lowest BCUT2D eigenvalue weighted by atomic mass is 9.95. The quantitative estimate of drug-likeness (QED) is 0.902. The molecule has 1 aromatic rings. The molecule has 3 rings (SSSR count). The Bertz CT molecular complexity index is 477. The second-order valence-electron chi connectivity index (χ2n) is 6.35. The molecule has 2 bridgehead atoms. The highest BCUT2D eigenvalue weighted by Gasteiger charge is 2.40. The van der Waals surface area contributed by atoms with Crippen molar-refractivity contribution in [3.05, 3.63) is 23.8 Å². The summed E-state index contributed by atoms with van der Waals surface area (Å²) in [5.41, 5.74) is 1.17. The zero-order chi connectivity index (χ0) is 14.8. The summed E-state index contributed by atoms with van der Waals surface area (Å²) in [6, 6.07) is 6.00. The zero-order valence-electron chi connectivity index (χ0n) is 12.9. The van der Waals surface area contributed by atoms with Crippen LogP contribution in [0.4, 0.5) is 0 Å². The summed E-state index contributed by atoms with van der Waals surface area (Å²) in [6.07, 6.45) is 2.28. The van der Waals surface area contributed by atoms with E-state index in [4.69, 9.17) is 9.47 Å². The van der Waals surface area contributed by atoms with Crippen molar-refractivity contribution in [2.75, 3.05) is 33.4 Å². The number of hydrogen-bond donors (Lipinski definition) is 1. The van der Waals surface area contributed by atoms with Crippen molar-refractivity contribution in [2.45, 2.75) is 25.9 Å². The van der Waals surface area contributed by atoms with Gasteiger partial charge in [0.2, 0.25) is 0 Å². The molecule has 4 heteroatoms. The van der Waals surface area contributed by atoms with Gasteiger partial charge in [-0.3, -0.25) is 4.90 Å². The van der Waals surface area contributed by atoms with E-state index in [1.54, 1.807) is 7.11 Å². The Morgan fingerprint density at radius 1 is 1.19 bits per heavy atom. The van der Waals surface area contributed by atoms with Crippen LogP contribution in [0.2, 0.25) is 0 Å². The largest absolute Gasteiger partial charge is 0.493 e. The first-order chi connectivity index (χ1) is 10.2. The first kappa shape index (κ1) is 14.7. The molecule has 1 N–H and O–H groups in total. The second-order valence-corrected chi connectivity index (χ2v) is 6.35. The van der Waals surface area contributed by atoms with Gasteiger partial charge in [-0.15, -0.1) is 0 Å². The summed E-state index contributed by atoms with van der Waals surface area (Å²) in [7, 11) is 1.67. The van der Waals surface area contributed by atoms with Gasteiger partial charge in [0.15, 0.2) is 11.5 Å². The number of fused-ring (bicyclic) bond motifs is 2. The Balaban J connectivity index is 1.51. The standard InChI is InChI=1S/C17H25NO3/c1-12-3-6-15(16(9-12)20-2)21-8-7-18-10-13-4-5-14(11-18)17(13)19/h3,6,9,13-14,17,19H,4-5,7-8,10-11H2,1-2H3/t13-,14+,17?. The van der Waals surface area contributed by atoms with Crippen molar-refractivity contribution in [1.82, 2.24) is 4.90 Å². The van der Waals surface area contributed by atoms with Gasteiger partial charge in [0.25, 0.3) is 0 Å². The number of aliphatic hydroxyl groups excluding tert-OH is 1. The molecule has 1 aliphatic heterocycles. The zero-order valence-corrected chi connectivity index (χ0v) is 12.9. The normalized spacial score (nSPS) is 28.6. The molecule has 0 aromatic heterocycles. The minimum atomic E-state index is -0.0700. The molecule has 1 aromatic carbocycles. The van der Waals surface area contributed by atoms with Crippen LogP contribution in [-0.4, -0.2) is 49.5 Å². The van der Waals surface area contributed by atoms with Gasteiger partial charge < -0.3 is 14.6 Å². The summed E-state index contributed by atoms with van der Waals surface area (Å²) >= 11 is 0. The van der Waals surface area contributed by atoms with Crippen molar-refractivity contribution in [3.8, 4) is 11.5 Å². The smallest absolute Gasteiger partial charge is 0.161 e. The van der Waals surface area contributed by atoms with Crippen molar-refractivity contribution < 1.29 is 14.6 Å². The summed E-state index contributed by atoms with van der Waals surface area (Å²) in [5.74, 6) is 2.54. The van der Waals surface area contributed by atoms with E-state index in [-0.39, 0.29) is 6.10 Å². The number of nitrogens with zero attached hydrogens (tertiary/aromatic N) is 1. The van der Waals surface area contributed by atoms with Crippen LogP contribution in [0.5, 0.6) is 11.5 Å². The molecule has 1 unspecified atom stereocenters. The molecular weight excluding hydrogens is 266 g/mol. The first-order valence-electron chi connectivity index (χ1n) is 7.85. The number of piperidine rings is 1. The van der Waals surface area contributed by atoms with Gasteiger partial charge in [0.05, 0.1) is 13.2 Å². The van der Waals surface area contributed by atoms with Crippen molar-refractivity contribution in [1.29, 1.82) is 0 Å². The van der Waals surface area contributed by atoms with Crippen LogP contribution in [-0.2, 0) is 0 Å². The van der Waals surface area contributed by atoms with Crippen molar-refractivity contribution in [2.24, 2.45) is 11.8 Å². The average molecular weight is 291 g/mol. The summed E-state index contributed by atoms with van der Waals surface area (Å²) in [4.78, 5) is 2.43. The molecule has 0 radical (unpaired) electrons. The molecule has 116 valence electrons. The molecule has 0 amide bonds. The third-order valence-corrected chi connectivity index (χ3v) is 4.84. The van der Waals surface area contributed by atoms with Crippen molar-refractivity contribution in [3.63, 3.8) is 0 Å². The van der Waals surface area contributed by atoms with Crippen LogP contribution in [0.1, 0.15) is 18.4 Å². The molecule has 2 fully saturated rings. The highest BCUT2D eigenvalue weighted by molar-refractivity contribution is 5.42. The minimum absolute atomic E-state index is 0.0700. The summed E-state index contributed by atoms with van der Waals surface area (Å²) < 4.78 is 11.2. The maximum absolute atomic E-state index is 10.0. The number of hydrogen-bond acceptors (Lipinski definition) is 4. The average Bonchev–Trinajstić information content (AvgIpc) is 2.71. The molecule has 1 saturated carbocycles. The SMILES string of the molecule is COc1cc(C)ccc1OCCN1C[C@H]2CC[C@@H](C1)C2O. The van der Waals surface area contributed by atoms with Gasteiger partial charge >= 0.3 is 0 Å². The van der Waals surface area contributed by atoms with Gasteiger partial charge in [-0.25, -0.2) is 0 Å². The Morgan fingerprint density at radius 2 is 1.90 bits per heavy atom. The predicted molar refractivity (Wildman–Crippen MR) is 81.9 cm³/mol. The molecule has 3 atom stereocenters. The first-order valence-corrected chi connectivity index (χ1v) is 7.85. The van der Waals surface area contributed by atoms with E-state index in [0.717, 1.165) is 31.1 Å². The van der Waals surface area contributed by atoms with Crippen LogP contribution in [0.3, 0.4) is 0 Å². The van der Waals surface area contributed by atoms with E-state index in [2.05, 4.69) is 4.90 Å². The lowest BCUT2D eigenvalue weighted by Crippen LogP contribution is -2.45. The highest BCUT2D eigenvalue weighted by atomic mass is 16.5. The third-order valence-electron chi connectivity index (χ3n) is 4.84. The van der Waals surface area contributed by atoms with Crippen LogP contribution in [0, 0.1) is 18.8 Å². The topological polar surface area (TPSA) is 41.9 Å². The molecule has 1 aliphatic carbocycles. The molecule has 1 heterocycles. The van der Waals surface area contributed by atoms with Gasteiger partial charge in [-0.1, -0.05) is 6.07 Å². The van der Waals surface area contributed by atoms with Gasteiger partial charge in [-0.2, -0.15) is 0 Å². The molecule has 21 heavy (non-hydrogen) atoms. The maximum Gasteiger partial charge on any atom is 0.161 e. The third kappa shape index (κ3) is 3.16. The molecule has 2 aliphatic rings. The monoisotopic (exact) mass is 291 g/mol. The summed E-state index contributed by atoms with van der Waals surface area (Å²) in [6.45, 7) is 5.63. The van der Waals surface area contributed by atoms with E-state index >= 15 is 0 Å². The molecule has 0 spiro atoms. The number of aryl methyl sites for hydroxylation is 1. The predicted octanol–water partition coefficient (Wildman–Crippen LogP) is 2.09. The van der Waals surface area contributed by atoms with Crippen LogP contribution < -0.4 is 9.47 Å². The van der Waals surface area contributed by atoms with Gasteiger partial charge in [-0.05, 0) is 49.3 Å². The van der Waals surface area contributed by atoms with Crippen LogP contribution in [0.25, 0.3) is 0 Å². The molecular formula is C17H25NO3. The Morgan fingerprint density at radius 3 is 2.57 bits per heavy atom. The Hall–Kier alpha value is -1.26. The fraction of sp³-hybridized carbons (Fsp3) is 0.647. The number of rotatable bonds is 5. The van der Waals surface area contributed by atoms with E-state index in [9.17, 15) is 5.11 Å². The fourth-order valence-corrected chi connectivity index (χ4v) is 3.65. The van der Waals surface area contributed by atoms with E-state index < -0.39 is 0 Å². The minimum Gasteiger partial charge on any atom is -0.493 e. The van der Waals surface area contributed by atoms with E-state index in [1.165, 1.54) is 18.4 Å². The number of aliphatic hydroxyl groups is 1. The molecule has 4 nitrogen and oxygen atoms in total. The number of likely N-dealkylation sites (tertiary alicyclic amines) is 1. The highest BCUT2D eigenvalue weighted by Crippen LogP contribution is 2.36. The lowest BCUT2D eigenvalue weighted by molar-refractivity contribution is 0.0127. The maximum atomic E-state index is 10.0. The van der Waals surface area contributed by atoms with Gasteiger partial charge in [0.1, 0.15) is 6.61 Å². The summed E-state index contributed by atoms with van der Waals surface area (Å²) in [5, 5.41) is 10.0. The number of ether oxygens (including phenoxy) is 2. The van der Waals surface area contributed by atoms with Crippen molar-refractivity contribution >= 4 is 0 Å². The second kappa shape index (κ2) is 6.24. The fourth-order valence-electron chi connectivity index (χ4n) is 3.65. The molecule has 1 saturated heterocycles. The van der Waals surface area contributed by atoms with E-state index in [0.29, 0.717) is 18.4 Å². The van der Waals surface area contributed by atoms with Crippen LogP contribution >= 0.6 is 0 Å². The van der Waals surface area contributed by atoms with E-state index in [1.807, 2.05) is 25.1 Å². The lowest BCUT2D eigenvalue weighted by Gasteiger charge is -2.35.